The number of nitrogens with zero attached hydrogens (tertiary/aromatic N) is 1. The van der Waals surface area contributed by atoms with Crippen LogP contribution in [0.4, 0.5) is 0 Å². The molecule has 4 heteroatoms. The van der Waals surface area contributed by atoms with Gasteiger partial charge < -0.3 is 0 Å². The van der Waals surface area contributed by atoms with Crippen molar-refractivity contribution in [1.82, 2.24) is 10.4 Å². The SMILES string of the molecule is CCC(CC)C(Cc1nc(C(C)(C)C)cs1)NN. The van der Waals surface area contributed by atoms with Gasteiger partial charge in [0.2, 0.25) is 0 Å². The highest BCUT2D eigenvalue weighted by Crippen LogP contribution is 2.25. The van der Waals surface area contributed by atoms with Gasteiger partial charge in [-0.25, -0.2) is 4.98 Å². The summed E-state index contributed by atoms with van der Waals surface area (Å²) in [7, 11) is 0. The molecule has 1 atom stereocenters. The van der Waals surface area contributed by atoms with Gasteiger partial charge in [0, 0.05) is 23.3 Å². The molecule has 0 amide bonds. The standard InChI is InChI=1S/C14H27N3S/c1-6-10(7-2)11(17-15)8-13-16-12(9-18-13)14(3,4)5/h9-11,17H,6-8,15H2,1-5H3. The highest BCUT2D eigenvalue weighted by molar-refractivity contribution is 7.09. The molecule has 0 radical (unpaired) electrons. The Labute approximate surface area is 115 Å². The van der Waals surface area contributed by atoms with E-state index in [9.17, 15) is 0 Å². The van der Waals surface area contributed by atoms with Crippen LogP contribution in [0.2, 0.25) is 0 Å². The Hall–Kier alpha value is -0.450. The summed E-state index contributed by atoms with van der Waals surface area (Å²) in [5.41, 5.74) is 4.28. The molecule has 0 aliphatic carbocycles. The van der Waals surface area contributed by atoms with Crippen LogP contribution in [-0.4, -0.2) is 11.0 Å². The number of aromatic nitrogens is 1. The van der Waals surface area contributed by atoms with E-state index >= 15 is 0 Å². The van der Waals surface area contributed by atoms with Gasteiger partial charge in [-0.2, -0.15) is 0 Å². The van der Waals surface area contributed by atoms with Crippen molar-refractivity contribution in [2.45, 2.75) is 65.3 Å². The average Bonchev–Trinajstić information content (AvgIpc) is 2.77. The first kappa shape index (κ1) is 15.6. The van der Waals surface area contributed by atoms with E-state index in [1.807, 2.05) is 0 Å². The second-order valence-corrected chi connectivity index (χ2v) is 6.87. The predicted octanol–water partition coefficient (Wildman–Crippen LogP) is 3.25. The fraction of sp³-hybridized carbons (Fsp3) is 0.786. The molecular formula is C14H27N3S. The Morgan fingerprint density at radius 1 is 1.33 bits per heavy atom. The Morgan fingerprint density at radius 3 is 2.33 bits per heavy atom. The van der Waals surface area contributed by atoms with E-state index < -0.39 is 0 Å². The molecule has 1 aromatic heterocycles. The molecule has 1 rings (SSSR count). The number of hydrogen-bond acceptors (Lipinski definition) is 4. The highest BCUT2D eigenvalue weighted by Gasteiger charge is 2.21. The molecule has 1 aromatic rings. The van der Waals surface area contributed by atoms with Crippen LogP contribution in [0.15, 0.2) is 5.38 Å². The van der Waals surface area contributed by atoms with Crippen molar-refractivity contribution in [1.29, 1.82) is 0 Å². The lowest BCUT2D eigenvalue weighted by molar-refractivity contribution is 0.335. The van der Waals surface area contributed by atoms with Crippen LogP contribution in [0.1, 0.15) is 58.2 Å². The molecule has 18 heavy (non-hydrogen) atoms. The lowest BCUT2D eigenvalue weighted by Crippen LogP contribution is -2.42. The zero-order chi connectivity index (χ0) is 13.8. The smallest absolute Gasteiger partial charge is 0.0944 e. The molecule has 0 saturated heterocycles. The number of nitrogens with two attached hydrogens (primary N) is 1. The van der Waals surface area contributed by atoms with E-state index in [0.717, 1.165) is 19.3 Å². The van der Waals surface area contributed by atoms with Crippen LogP contribution >= 0.6 is 11.3 Å². The first-order valence-corrected chi connectivity index (χ1v) is 7.71. The van der Waals surface area contributed by atoms with E-state index in [0.29, 0.717) is 12.0 Å². The van der Waals surface area contributed by atoms with Crippen LogP contribution in [0, 0.1) is 5.92 Å². The predicted molar refractivity (Wildman–Crippen MR) is 79.7 cm³/mol. The van der Waals surface area contributed by atoms with Crippen LogP contribution in [0.25, 0.3) is 0 Å². The van der Waals surface area contributed by atoms with Crippen LogP contribution in [0.5, 0.6) is 0 Å². The van der Waals surface area contributed by atoms with Gasteiger partial charge in [-0.3, -0.25) is 11.3 Å². The minimum absolute atomic E-state index is 0.134. The van der Waals surface area contributed by atoms with Gasteiger partial charge in [0.1, 0.15) is 0 Å². The first-order valence-electron chi connectivity index (χ1n) is 6.83. The van der Waals surface area contributed by atoms with Crippen molar-refractivity contribution in [2.75, 3.05) is 0 Å². The third-order valence-electron chi connectivity index (χ3n) is 3.55. The quantitative estimate of drug-likeness (QED) is 0.615. The van der Waals surface area contributed by atoms with Crippen LogP contribution < -0.4 is 11.3 Å². The first-order chi connectivity index (χ1) is 8.42. The Morgan fingerprint density at radius 2 is 1.94 bits per heavy atom. The van der Waals surface area contributed by atoms with Gasteiger partial charge in [-0.15, -0.1) is 11.3 Å². The van der Waals surface area contributed by atoms with Gasteiger partial charge in [0.05, 0.1) is 10.7 Å². The number of thiazole rings is 1. The van der Waals surface area contributed by atoms with E-state index in [2.05, 4.69) is 45.4 Å². The van der Waals surface area contributed by atoms with Gasteiger partial charge in [0.15, 0.2) is 0 Å². The number of nitrogens with one attached hydrogen (secondary N) is 1. The fourth-order valence-corrected chi connectivity index (χ4v) is 3.24. The van der Waals surface area contributed by atoms with E-state index in [1.165, 1.54) is 10.7 Å². The maximum Gasteiger partial charge on any atom is 0.0944 e. The fourth-order valence-electron chi connectivity index (χ4n) is 2.16. The Bertz CT molecular complexity index is 350. The second kappa shape index (κ2) is 6.64. The molecule has 1 heterocycles. The normalized spacial score (nSPS) is 14.2. The topological polar surface area (TPSA) is 50.9 Å². The second-order valence-electron chi connectivity index (χ2n) is 5.93. The Kier molecular flexibility index (Phi) is 5.76. The molecule has 3 nitrogen and oxygen atoms in total. The summed E-state index contributed by atoms with van der Waals surface area (Å²) in [5.74, 6) is 6.31. The number of hydrazine groups is 1. The molecule has 0 saturated carbocycles. The maximum atomic E-state index is 5.69. The minimum Gasteiger partial charge on any atom is -0.271 e. The molecule has 3 N–H and O–H groups in total. The average molecular weight is 269 g/mol. The summed E-state index contributed by atoms with van der Waals surface area (Å²) in [5, 5.41) is 3.37. The molecule has 104 valence electrons. The van der Waals surface area contributed by atoms with E-state index in [-0.39, 0.29) is 5.41 Å². The van der Waals surface area contributed by atoms with Crippen molar-refractivity contribution in [3.05, 3.63) is 16.1 Å². The minimum atomic E-state index is 0.134. The Balaban J connectivity index is 2.73. The van der Waals surface area contributed by atoms with Gasteiger partial charge in [-0.1, -0.05) is 47.5 Å². The number of hydrogen-bond donors (Lipinski definition) is 2. The molecule has 0 aromatic carbocycles. The third kappa shape index (κ3) is 4.04. The van der Waals surface area contributed by atoms with Gasteiger partial charge in [0.25, 0.3) is 0 Å². The van der Waals surface area contributed by atoms with Crippen molar-refractivity contribution in [2.24, 2.45) is 11.8 Å². The van der Waals surface area contributed by atoms with Gasteiger partial charge >= 0.3 is 0 Å². The van der Waals surface area contributed by atoms with Crippen LogP contribution in [-0.2, 0) is 11.8 Å². The maximum absolute atomic E-state index is 5.69. The summed E-state index contributed by atoms with van der Waals surface area (Å²) in [6.07, 6.45) is 3.25. The lowest BCUT2D eigenvalue weighted by atomic mass is 9.92. The molecule has 0 spiro atoms. The van der Waals surface area contributed by atoms with Gasteiger partial charge in [-0.05, 0) is 5.92 Å². The van der Waals surface area contributed by atoms with E-state index in [1.54, 1.807) is 11.3 Å². The monoisotopic (exact) mass is 269 g/mol. The third-order valence-corrected chi connectivity index (χ3v) is 4.42. The molecule has 0 bridgehead atoms. The molecule has 0 aliphatic rings. The van der Waals surface area contributed by atoms with Crippen molar-refractivity contribution < 1.29 is 0 Å². The molecular weight excluding hydrogens is 242 g/mol. The summed E-state index contributed by atoms with van der Waals surface area (Å²) < 4.78 is 0. The van der Waals surface area contributed by atoms with Crippen molar-refractivity contribution >= 4 is 11.3 Å². The molecule has 0 aliphatic heterocycles. The zero-order valence-electron chi connectivity index (χ0n) is 12.3. The summed E-state index contributed by atoms with van der Waals surface area (Å²) in [6.45, 7) is 11.0. The van der Waals surface area contributed by atoms with Crippen molar-refractivity contribution in [3.8, 4) is 0 Å². The largest absolute Gasteiger partial charge is 0.271 e. The summed E-state index contributed by atoms with van der Waals surface area (Å²) in [6, 6.07) is 0.332. The molecule has 0 fully saturated rings. The summed E-state index contributed by atoms with van der Waals surface area (Å²) in [4.78, 5) is 4.74. The highest BCUT2D eigenvalue weighted by atomic mass is 32.1. The number of rotatable bonds is 6. The lowest BCUT2D eigenvalue weighted by Gasteiger charge is -2.23. The van der Waals surface area contributed by atoms with E-state index in [4.69, 9.17) is 10.8 Å². The van der Waals surface area contributed by atoms with Crippen LogP contribution in [0.3, 0.4) is 0 Å². The van der Waals surface area contributed by atoms with Crippen molar-refractivity contribution in [3.63, 3.8) is 0 Å². The zero-order valence-corrected chi connectivity index (χ0v) is 13.1. The molecule has 1 unspecified atom stereocenters. The summed E-state index contributed by atoms with van der Waals surface area (Å²) >= 11 is 1.75.